The van der Waals surface area contributed by atoms with Crippen molar-refractivity contribution in [1.82, 2.24) is 0 Å². The van der Waals surface area contributed by atoms with Crippen LogP contribution in [-0.2, 0) is 9.53 Å². The van der Waals surface area contributed by atoms with Crippen molar-refractivity contribution >= 4 is 5.97 Å². The maximum Gasteiger partial charge on any atom is 0.460 e. The number of esters is 1. The number of carbonyl (C=O) groups is 1. The van der Waals surface area contributed by atoms with Crippen LogP contribution in [0.25, 0.3) is 0 Å². The molecule has 0 aromatic rings. The SMILES string of the molecule is CCCOC(=O)C(F)(F)C(F)(F)C(F)(F)C(F)(F)F. The summed E-state index contributed by atoms with van der Waals surface area (Å²) in [5, 5.41) is 0. The smallest absolute Gasteiger partial charge is 0.460 e. The van der Waals surface area contributed by atoms with Crippen molar-refractivity contribution in [2.45, 2.75) is 37.3 Å². The minimum Gasteiger partial charge on any atom is -0.461 e. The maximum atomic E-state index is 12.7. The topological polar surface area (TPSA) is 26.3 Å². The van der Waals surface area contributed by atoms with Gasteiger partial charge in [0.05, 0.1) is 6.61 Å². The fourth-order valence-corrected chi connectivity index (χ4v) is 0.789. The van der Waals surface area contributed by atoms with E-state index in [0.29, 0.717) is 0 Å². The number of halogens is 9. The van der Waals surface area contributed by atoms with Gasteiger partial charge < -0.3 is 4.74 Å². The third-order valence-electron chi connectivity index (χ3n) is 1.84. The van der Waals surface area contributed by atoms with Crippen molar-refractivity contribution in [3.8, 4) is 0 Å². The van der Waals surface area contributed by atoms with E-state index < -0.39 is 36.5 Å². The van der Waals surface area contributed by atoms with Gasteiger partial charge in [0.15, 0.2) is 0 Å². The molecule has 0 unspecified atom stereocenters. The zero-order valence-corrected chi connectivity index (χ0v) is 9.13. The average Bonchev–Trinajstić information content (AvgIpc) is 2.23. The molecule has 0 saturated heterocycles. The lowest BCUT2D eigenvalue weighted by Gasteiger charge is -2.32. The molecule has 0 aliphatic heterocycles. The lowest BCUT2D eigenvalue weighted by molar-refractivity contribution is -0.390. The first-order valence-corrected chi connectivity index (χ1v) is 4.60. The molecule has 0 aliphatic rings. The van der Waals surface area contributed by atoms with Gasteiger partial charge >= 0.3 is 29.9 Å². The van der Waals surface area contributed by atoms with Crippen LogP contribution in [0.3, 0.4) is 0 Å². The summed E-state index contributed by atoms with van der Waals surface area (Å²) < 4.78 is 114. The van der Waals surface area contributed by atoms with E-state index in [1.54, 1.807) is 0 Å². The van der Waals surface area contributed by atoms with E-state index in [1.807, 2.05) is 0 Å². The van der Waals surface area contributed by atoms with E-state index in [-0.39, 0.29) is 6.42 Å². The highest BCUT2D eigenvalue weighted by atomic mass is 19.4. The zero-order valence-electron chi connectivity index (χ0n) is 9.13. The Bertz CT molecular complexity index is 334. The number of hydrogen-bond donors (Lipinski definition) is 0. The van der Waals surface area contributed by atoms with Gasteiger partial charge in [-0.05, 0) is 6.42 Å². The zero-order chi connectivity index (χ0) is 15.7. The van der Waals surface area contributed by atoms with Crippen molar-refractivity contribution in [1.29, 1.82) is 0 Å². The third kappa shape index (κ3) is 2.89. The van der Waals surface area contributed by atoms with Gasteiger partial charge in [-0.1, -0.05) is 6.92 Å². The van der Waals surface area contributed by atoms with Crippen molar-refractivity contribution in [3.05, 3.63) is 0 Å². The number of hydrogen-bond acceptors (Lipinski definition) is 2. The quantitative estimate of drug-likeness (QED) is 0.575. The first-order valence-electron chi connectivity index (χ1n) is 4.60. The van der Waals surface area contributed by atoms with Gasteiger partial charge in [-0.3, -0.25) is 0 Å². The van der Waals surface area contributed by atoms with Crippen LogP contribution in [0.1, 0.15) is 13.3 Å². The van der Waals surface area contributed by atoms with E-state index in [0.717, 1.165) is 0 Å². The van der Waals surface area contributed by atoms with E-state index in [4.69, 9.17) is 0 Å². The average molecular weight is 306 g/mol. The summed E-state index contributed by atoms with van der Waals surface area (Å²) in [6.45, 7) is 0.427. The fraction of sp³-hybridized carbons (Fsp3) is 0.875. The lowest BCUT2D eigenvalue weighted by atomic mass is 10.0. The molecule has 0 heterocycles. The summed E-state index contributed by atoms with van der Waals surface area (Å²) in [4.78, 5) is 10.5. The van der Waals surface area contributed by atoms with Crippen molar-refractivity contribution in [2.75, 3.05) is 6.61 Å². The van der Waals surface area contributed by atoms with Crippen molar-refractivity contribution in [2.24, 2.45) is 0 Å². The van der Waals surface area contributed by atoms with Gasteiger partial charge in [-0.25, -0.2) is 4.79 Å². The van der Waals surface area contributed by atoms with Crippen LogP contribution in [0, 0.1) is 0 Å². The summed E-state index contributed by atoms with van der Waals surface area (Å²) >= 11 is 0. The molecule has 114 valence electrons. The molecule has 19 heavy (non-hydrogen) atoms. The van der Waals surface area contributed by atoms with Crippen LogP contribution in [0.4, 0.5) is 39.5 Å². The Kier molecular flexibility index (Phi) is 4.77. The molecule has 0 aromatic heterocycles. The number of carbonyl (C=O) groups excluding carboxylic acids is 1. The van der Waals surface area contributed by atoms with E-state index >= 15 is 0 Å². The molecule has 0 rings (SSSR count). The fourth-order valence-electron chi connectivity index (χ4n) is 0.789. The monoisotopic (exact) mass is 306 g/mol. The van der Waals surface area contributed by atoms with Gasteiger partial charge in [0.2, 0.25) is 0 Å². The molecule has 0 radical (unpaired) electrons. The van der Waals surface area contributed by atoms with E-state index in [9.17, 15) is 44.3 Å². The Morgan fingerprint density at radius 1 is 0.895 bits per heavy atom. The largest absolute Gasteiger partial charge is 0.461 e. The summed E-state index contributed by atoms with van der Waals surface area (Å²) in [5.74, 6) is -23.5. The van der Waals surface area contributed by atoms with Crippen LogP contribution in [0.5, 0.6) is 0 Å². The minimum atomic E-state index is -7.09. The molecule has 11 heteroatoms. The van der Waals surface area contributed by atoms with Crippen LogP contribution in [0.15, 0.2) is 0 Å². The molecule has 0 amide bonds. The van der Waals surface area contributed by atoms with Crippen molar-refractivity contribution < 1.29 is 49.0 Å². The summed E-state index contributed by atoms with van der Waals surface area (Å²) in [6.07, 6.45) is -7.08. The van der Waals surface area contributed by atoms with Crippen LogP contribution in [-0.4, -0.2) is 36.5 Å². The third-order valence-corrected chi connectivity index (χ3v) is 1.84. The summed E-state index contributed by atoms with van der Waals surface area (Å²) in [6, 6.07) is 0. The van der Waals surface area contributed by atoms with Gasteiger partial charge in [0.25, 0.3) is 0 Å². The Balaban J connectivity index is 5.45. The highest BCUT2D eigenvalue weighted by Crippen LogP contribution is 2.53. The summed E-state index contributed by atoms with van der Waals surface area (Å²) in [5.41, 5.74) is 0. The Labute approximate surface area is 100 Å². The van der Waals surface area contributed by atoms with Crippen LogP contribution >= 0.6 is 0 Å². The molecule has 0 atom stereocenters. The Hall–Kier alpha value is -1.16. The second-order valence-electron chi connectivity index (χ2n) is 3.36. The molecule has 0 spiro atoms. The van der Waals surface area contributed by atoms with Gasteiger partial charge in [-0.2, -0.15) is 39.5 Å². The normalized spacial score (nSPS) is 14.4. The molecule has 2 nitrogen and oxygen atoms in total. The number of alkyl halides is 9. The molecule has 0 aromatic carbocycles. The predicted octanol–water partition coefficient (Wildman–Crippen LogP) is 3.41. The van der Waals surface area contributed by atoms with E-state index in [2.05, 4.69) is 4.74 Å². The molecule has 0 bridgehead atoms. The number of rotatable bonds is 5. The highest BCUT2D eigenvalue weighted by molar-refractivity contribution is 5.79. The second kappa shape index (κ2) is 5.08. The first-order chi connectivity index (χ1) is 8.23. The molecule has 0 saturated carbocycles. The molecule has 0 aliphatic carbocycles. The standard InChI is InChI=1S/C8H7F9O2/c1-2-3-19-4(18)5(9,10)6(11,12)7(13,14)8(15,16)17/h2-3H2,1H3. The Morgan fingerprint density at radius 3 is 1.63 bits per heavy atom. The predicted molar refractivity (Wildman–Crippen MR) is 42.1 cm³/mol. The highest BCUT2D eigenvalue weighted by Gasteiger charge is 2.84. The molecule has 0 N–H and O–H groups in total. The van der Waals surface area contributed by atoms with Gasteiger partial charge in [0.1, 0.15) is 0 Å². The minimum absolute atomic E-state index is 0.122. The molecular weight excluding hydrogens is 299 g/mol. The summed E-state index contributed by atoms with van der Waals surface area (Å²) in [7, 11) is 0. The lowest BCUT2D eigenvalue weighted by Crippen LogP contribution is -2.63. The van der Waals surface area contributed by atoms with Crippen LogP contribution < -0.4 is 0 Å². The first kappa shape index (κ1) is 17.8. The number of ether oxygens (including phenoxy) is 1. The Morgan fingerprint density at radius 2 is 1.32 bits per heavy atom. The van der Waals surface area contributed by atoms with E-state index in [1.165, 1.54) is 6.92 Å². The van der Waals surface area contributed by atoms with Crippen molar-refractivity contribution in [3.63, 3.8) is 0 Å². The van der Waals surface area contributed by atoms with Crippen LogP contribution in [0.2, 0.25) is 0 Å². The van der Waals surface area contributed by atoms with Gasteiger partial charge in [-0.15, -0.1) is 0 Å². The molecule has 0 fully saturated rings. The van der Waals surface area contributed by atoms with Gasteiger partial charge in [0, 0.05) is 0 Å². The maximum absolute atomic E-state index is 12.7. The molecular formula is C8H7F9O2. The second-order valence-corrected chi connectivity index (χ2v) is 3.36.